The number of benzene rings is 1. The third-order valence-corrected chi connectivity index (χ3v) is 4.83. The van der Waals surface area contributed by atoms with Crippen molar-refractivity contribution in [3.8, 4) is 11.8 Å². The normalized spacial score (nSPS) is 21.2. The zero-order valence-corrected chi connectivity index (χ0v) is 13.5. The first kappa shape index (κ1) is 16.4. The van der Waals surface area contributed by atoms with Gasteiger partial charge in [-0.25, -0.2) is 4.39 Å². The molecule has 24 heavy (non-hydrogen) atoms. The number of amides is 1. The summed E-state index contributed by atoms with van der Waals surface area (Å²) in [6.07, 6.45) is 3.34. The van der Waals surface area contributed by atoms with Gasteiger partial charge in [0.25, 0.3) is 5.91 Å². The van der Waals surface area contributed by atoms with E-state index in [4.69, 9.17) is 4.74 Å². The van der Waals surface area contributed by atoms with Gasteiger partial charge in [-0.2, -0.15) is 5.26 Å². The molecule has 1 N–H and O–H groups in total. The molecule has 2 aliphatic rings. The van der Waals surface area contributed by atoms with Gasteiger partial charge in [-0.1, -0.05) is 6.92 Å². The Bertz CT molecular complexity index is 733. The lowest BCUT2D eigenvalue weighted by atomic mass is 10.00. The molecule has 2 aliphatic carbocycles. The number of nitriles is 1. The molecule has 1 aromatic carbocycles. The van der Waals surface area contributed by atoms with Gasteiger partial charge in [0.15, 0.2) is 12.4 Å². The number of ether oxygens (including phenoxy) is 1. The van der Waals surface area contributed by atoms with Crippen molar-refractivity contribution >= 4 is 11.7 Å². The topological polar surface area (TPSA) is 79.2 Å². The van der Waals surface area contributed by atoms with Crippen LogP contribution in [0.5, 0.6) is 5.75 Å². The van der Waals surface area contributed by atoms with Gasteiger partial charge in [0.2, 0.25) is 0 Å². The number of carbonyl (C=O) groups is 2. The van der Waals surface area contributed by atoms with E-state index in [1.165, 1.54) is 12.1 Å². The molecular formula is C18H19FN2O3. The summed E-state index contributed by atoms with van der Waals surface area (Å²) in [7, 11) is 0. The number of hydrogen-bond acceptors (Lipinski definition) is 4. The molecule has 0 saturated heterocycles. The molecule has 0 heterocycles. The average molecular weight is 330 g/mol. The van der Waals surface area contributed by atoms with Crippen molar-refractivity contribution in [2.75, 3.05) is 6.61 Å². The number of fused-ring (bicyclic) bond motifs is 1. The fraction of sp³-hybridized carbons (Fsp3) is 0.500. The molecule has 0 unspecified atom stereocenters. The number of rotatable bonds is 4. The third-order valence-electron chi connectivity index (χ3n) is 4.83. The zero-order valence-electron chi connectivity index (χ0n) is 13.5. The van der Waals surface area contributed by atoms with Crippen LogP contribution in [0.1, 0.15) is 60.9 Å². The first-order valence-electron chi connectivity index (χ1n) is 8.16. The average Bonchev–Trinajstić information content (AvgIpc) is 3.13. The first-order chi connectivity index (χ1) is 11.5. The molecule has 0 radical (unpaired) electrons. The van der Waals surface area contributed by atoms with Crippen LogP contribution in [0.4, 0.5) is 4.39 Å². The van der Waals surface area contributed by atoms with Crippen molar-refractivity contribution in [2.24, 2.45) is 0 Å². The van der Waals surface area contributed by atoms with Gasteiger partial charge in [0, 0.05) is 12.0 Å². The van der Waals surface area contributed by atoms with Gasteiger partial charge in [0.05, 0.1) is 11.6 Å². The van der Waals surface area contributed by atoms with Crippen LogP contribution in [0.15, 0.2) is 12.1 Å². The van der Waals surface area contributed by atoms with E-state index < -0.39 is 17.3 Å². The second-order valence-corrected chi connectivity index (χ2v) is 6.60. The van der Waals surface area contributed by atoms with Crippen molar-refractivity contribution in [3.05, 3.63) is 29.1 Å². The smallest absolute Gasteiger partial charge is 0.259 e. The second-order valence-electron chi connectivity index (χ2n) is 6.60. The maximum atomic E-state index is 13.9. The lowest BCUT2D eigenvalue weighted by Gasteiger charge is -2.22. The van der Waals surface area contributed by atoms with Gasteiger partial charge in [0.1, 0.15) is 17.1 Å². The van der Waals surface area contributed by atoms with E-state index in [2.05, 4.69) is 11.4 Å². The highest BCUT2D eigenvalue weighted by molar-refractivity contribution is 6.03. The van der Waals surface area contributed by atoms with Crippen molar-refractivity contribution < 1.29 is 18.7 Å². The Morgan fingerprint density at radius 1 is 1.46 bits per heavy atom. The van der Waals surface area contributed by atoms with Crippen molar-refractivity contribution in [2.45, 2.75) is 50.5 Å². The molecule has 5 nitrogen and oxygen atoms in total. The van der Waals surface area contributed by atoms with E-state index in [0.717, 1.165) is 12.8 Å². The quantitative estimate of drug-likeness (QED) is 0.920. The predicted molar refractivity (Wildman–Crippen MR) is 84.2 cm³/mol. The first-order valence-corrected chi connectivity index (χ1v) is 8.16. The molecule has 0 aliphatic heterocycles. The van der Waals surface area contributed by atoms with Gasteiger partial charge in [-0.3, -0.25) is 9.59 Å². The molecule has 1 fully saturated rings. The minimum absolute atomic E-state index is 0.170. The Labute approximate surface area is 139 Å². The number of hydrogen-bond donors (Lipinski definition) is 1. The molecule has 1 saturated carbocycles. The summed E-state index contributed by atoms with van der Waals surface area (Å²) in [6.45, 7) is 1.49. The number of Topliss-reactive ketones (excluding diaryl/α,β-unsaturated/α-hetero) is 1. The van der Waals surface area contributed by atoms with Gasteiger partial charge in [-0.05, 0) is 43.7 Å². The molecule has 0 spiro atoms. The molecule has 126 valence electrons. The standard InChI is InChI=1S/C18H19FN2O3/c1-11-8-13(22)17-14(5-4-12(19)16(11)17)24-9-15(23)21-18(10-20)6-2-3-7-18/h4-5,11H,2-3,6-9H2,1H3,(H,21,23)/t11-/m1/s1. The van der Waals surface area contributed by atoms with Crippen LogP contribution in [-0.4, -0.2) is 23.8 Å². The number of carbonyl (C=O) groups excluding carboxylic acids is 2. The van der Waals surface area contributed by atoms with Crippen LogP contribution >= 0.6 is 0 Å². The summed E-state index contributed by atoms with van der Waals surface area (Å²) in [5.41, 5.74) is -0.205. The second kappa shape index (κ2) is 6.23. The monoisotopic (exact) mass is 330 g/mol. The highest BCUT2D eigenvalue weighted by Gasteiger charge is 2.36. The molecule has 1 atom stereocenters. The van der Waals surface area contributed by atoms with E-state index >= 15 is 0 Å². The van der Waals surface area contributed by atoms with Crippen LogP contribution in [0.2, 0.25) is 0 Å². The highest BCUT2D eigenvalue weighted by Crippen LogP contribution is 2.39. The van der Waals surface area contributed by atoms with E-state index in [1.54, 1.807) is 6.92 Å². The van der Waals surface area contributed by atoms with Gasteiger partial charge < -0.3 is 10.1 Å². The van der Waals surface area contributed by atoms with Crippen molar-refractivity contribution in [1.29, 1.82) is 5.26 Å². The van der Waals surface area contributed by atoms with E-state index in [1.807, 2.05) is 0 Å². The van der Waals surface area contributed by atoms with Crippen LogP contribution in [0.25, 0.3) is 0 Å². The molecule has 1 amide bonds. The Morgan fingerprint density at radius 3 is 2.83 bits per heavy atom. The van der Waals surface area contributed by atoms with Gasteiger partial charge in [-0.15, -0.1) is 0 Å². The fourth-order valence-corrected chi connectivity index (χ4v) is 3.64. The Hall–Kier alpha value is -2.42. The lowest BCUT2D eigenvalue weighted by Crippen LogP contribution is -2.47. The lowest BCUT2D eigenvalue weighted by molar-refractivity contribution is -0.124. The molecule has 0 aromatic heterocycles. The van der Waals surface area contributed by atoms with Crippen molar-refractivity contribution in [3.63, 3.8) is 0 Å². The summed E-state index contributed by atoms with van der Waals surface area (Å²) in [5.74, 6) is -0.959. The number of nitrogens with one attached hydrogen (secondary N) is 1. The molecule has 6 heteroatoms. The van der Waals surface area contributed by atoms with E-state index in [-0.39, 0.29) is 36.0 Å². The van der Waals surface area contributed by atoms with Crippen LogP contribution in [-0.2, 0) is 4.79 Å². The maximum Gasteiger partial charge on any atom is 0.259 e. The Kier molecular flexibility index (Phi) is 4.27. The molecule has 3 rings (SSSR count). The number of halogens is 1. The van der Waals surface area contributed by atoms with Crippen LogP contribution < -0.4 is 10.1 Å². The van der Waals surface area contributed by atoms with E-state index in [0.29, 0.717) is 18.4 Å². The summed E-state index contributed by atoms with van der Waals surface area (Å²) < 4.78 is 19.4. The molecule has 0 bridgehead atoms. The predicted octanol–water partition coefficient (Wildman–Crippen LogP) is 2.85. The Balaban J connectivity index is 1.71. The number of ketones is 1. The Morgan fingerprint density at radius 2 is 2.17 bits per heavy atom. The van der Waals surface area contributed by atoms with Crippen LogP contribution in [0.3, 0.4) is 0 Å². The maximum absolute atomic E-state index is 13.9. The van der Waals surface area contributed by atoms with Crippen LogP contribution in [0, 0.1) is 17.1 Å². The third kappa shape index (κ3) is 2.86. The summed E-state index contributed by atoms with van der Waals surface area (Å²) in [4.78, 5) is 24.2. The minimum Gasteiger partial charge on any atom is -0.483 e. The molecule has 1 aromatic rings. The minimum atomic E-state index is -0.810. The summed E-state index contributed by atoms with van der Waals surface area (Å²) in [6, 6.07) is 4.82. The van der Waals surface area contributed by atoms with Gasteiger partial charge >= 0.3 is 0 Å². The number of nitrogens with zero attached hydrogens (tertiary/aromatic N) is 1. The molecular weight excluding hydrogens is 311 g/mol. The summed E-state index contributed by atoms with van der Waals surface area (Å²) in [5, 5.41) is 12.0. The summed E-state index contributed by atoms with van der Waals surface area (Å²) >= 11 is 0. The fourth-order valence-electron chi connectivity index (χ4n) is 3.64. The highest BCUT2D eigenvalue weighted by atomic mass is 19.1. The largest absolute Gasteiger partial charge is 0.483 e. The zero-order chi connectivity index (χ0) is 17.3. The SMILES string of the molecule is C[C@@H]1CC(=O)c2c(OCC(=O)NC3(C#N)CCCC3)ccc(F)c21. The van der Waals surface area contributed by atoms with Crippen molar-refractivity contribution in [1.82, 2.24) is 5.32 Å². The van der Waals surface area contributed by atoms with E-state index in [9.17, 15) is 19.2 Å².